The van der Waals surface area contributed by atoms with E-state index in [0.29, 0.717) is 24.1 Å². The molecule has 2 aromatic heterocycles. The largest absolute Gasteiger partial charge is 0.366 e. The SMILES string of the molecule is CC(C)(F)CN1CCC(c2cnn3c4c(C(N)=O)cc(F)cc4n(Cc4ccccc4)c23)CC1. The Bertz CT molecular complexity index is 1340. The van der Waals surface area contributed by atoms with Gasteiger partial charge in [0.1, 0.15) is 22.6 Å². The smallest absolute Gasteiger partial charge is 0.251 e. The van der Waals surface area contributed by atoms with Crippen LogP contribution in [0.15, 0.2) is 48.7 Å². The molecule has 1 saturated heterocycles. The second-order valence-electron chi connectivity index (χ2n) is 9.86. The molecular formula is C26H29F2N5O. The average molecular weight is 466 g/mol. The number of piperidine rings is 1. The van der Waals surface area contributed by atoms with Crippen LogP contribution in [0, 0.1) is 5.82 Å². The number of benzene rings is 2. The fraction of sp³-hybridized carbons (Fsp3) is 0.385. The first-order valence-electron chi connectivity index (χ1n) is 11.7. The number of hydrogen-bond acceptors (Lipinski definition) is 3. The van der Waals surface area contributed by atoms with Gasteiger partial charge in [0.15, 0.2) is 0 Å². The number of halogens is 2. The van der Waals surface area contributed by atoms with Gasteiger partial charge in [-0.25, -0.2) is 13.3 Å². The molecule has 1 amide bonds. The number of likely N-dealkylation sites (tertiary alicyclic amines) is 1. The number of aromatic nitrogens is 3. The molecule has 1 aliphatic heterocycles. The summed E-state index contributed by atoms with van der Waals surface area (Å²) in [5, 5.41) is 4.63. The summed E-state index contributed by atoms with van der Waals surface area (Å²) in [5.41, 5.74) is 8.56. The van der Waals surface area contributed by atoms with E-state index in [4.69, 9.17) is 5.73 Å². The Hall–Kier alpha value is -3.26. The average Bonchev–Trinajstić information content (AvgIpc) is 3.33. The summed E-state index contributed by atoms with van der Waals surface area (Å²) >= 11 is 0. The number of carbonyl (C=O) groups excluding carboxylic acids is 1. The molecule has 1 fully saturated rings. The van der Waals surface area contributed by atoms with Crippen LogP contribution < -0.4 is 5.73 Å². The van der Waals surface area contributed by atoms with Crippen molar-refractivity contribution in [3.8, 4) is 0 Å². The normalized spacial score (nSPS) is 16.0. The van der Waals surface area contributed by atoms with Crippen LogP contribution in [0.4, 0.5) is 8.78 Å². The van der Waals surface area contributed by atoms with Crippen molar-refractivity contribution in [3.63, 3.8) is 0 Å². The van der Waals surface area contributed by atoms with Crippen LogP contribution in [-0.2, 0) is 6.54 Å². The molecule has 0 spiro atoms. The number of amides is 1. The van der Waals surface area contributed by atoms with Crippen LogP contribution in [0.25, 0.3) is 16.7 Å². The number of imidazole rings is 1. The fourth-order valence-electron chi connectivity index (χ4n) is 5.25. The monoisotopic (exact) mass is 465 g/mol. The molecule has 2 aromatic carbocycles. The highest BCUT2D eigenvalue weighted by Gasteiger charge is 2.30. The summed E-state index contributed by atoms with van der Waals surface area (Å²) in [4.78, 5) is 14.4. The summed E-state index contributed by atoms with van der Waals surface area (Å²) in [7, 11) is 0. The molecule has 0 bridgehead atoms. The lowest BCUT2D eigenvalue weighted by Crippen LogP contribution is -2.40. The molecule has 5 rings (SSSR count). The number of rotatable bonds is 6. The Kier molecular flexibility index (Phi) is 5.64. The minimum atomic E-state index is -1.23. The maximum absolute atomic E-state index is 14.6. The maximum Gasteiger partial charge on any atom is 0.251 e. The quantitative estimate of drug-likeness (QED) is 0.456. The molecule has 6 nitrogen and oxygen atoms in total. The first kappa shape index (κ1) is 22.5. The summed E-state index contributed by atoms with van der Waals surface area (Å²) < 4.78 is 32.5. The topological polar surface area (TPSA) is 68.6 Å². The van der Waals surface area contributed by atoms with Crippen molar-refractivity contribution in [1.82, 2.24) is 19.1 Å². The van der Waals surface area contributed by atoms with Crippen molar-refractivity contribution in [2.75, 3.05) is 19.6 Å². The number of carbonyl (C=O) groups is 1. The van der Waals surface area contributed by atoms with Gasteiger partial charge in [-0.1, -0.05) is 30.3 Å². The van der Waals surface area contributed by atoms with E-state index in [0.717, 1.165) is 42.7 Å². The Morgan fingerprint density at radius 3 is 2.53 bits per heavy atom. The van der Waals surface area contributed by atoms with Crippen molar-refractivity contribution >= 4 is 22.6 Å². The van der Waals surface area contributed by atoms with Crippen LogP contribution in [0.1, 0.15) is 54.1 Å². The number of hydrogen-bond donors (Lipinski definition) is 1. The first-order valence-corrected chi connectivity index (χ1v) is 11.7. The van der Waals surface area contributed by atoms with Crippen LogP contribution in [0.3, 0.4) is 0 Å². The molecule has 0 atom stereocenters. The van der Waals surface area contributed by atoms with E-state index >= 15 is 0 Å². The Balaban J connectivity index is 1.62. The Morgan fingerprint density at radius 2 is 1.88 bits per heavy atom. The molecule has 34 heavy (non-hydrogen) atoms. The fourth-order valence-corrected chi connectivity index (χ4v) is 5.25. The van der Waals surface area contributed by atoms with E-state index in [1.807, 2.05) is 41.1 Å². The van der Waals surface area contributed by atoms with Crippen LogP contribution in [0.5, 0.6) is 0 Å². The second kappa shape index (κ2) is 8.51. The van der Waals surface area contributed by atoms with Gasteiger partial charge in [-0.2, -0.15) is 5.10 Å². The summed E-state index contributed by atoms with van der Waals surface area (Å²) in [6.07, 6.45) is 3.60. The second-order valence-corrected chi connectivity index (χ2v) is 9.86. The van der Waals surface area contributed by atoms with E-state index < -0.39 is 17.4 Å². The van der Waals surface area contributed by atoms with Gasteiger partial charge < -0.3 is 15.2 Å². The molecule has 2 N–H and O–H groups in total. The van der Waals surface area contributed by atoms with Gasteiger partial charge in [0.05, 0.1) is 17.3 Å². The zero-order valence-electron chi connectivity index (χ0n) is 19.5. The van der Waals surface area contributed by atoms with Gasteiger partial charge in [0.25, 0.3) is 5.91 Å². The third-order valence-corrected chi connectivity index (χ3v) is 6.66. The molecule has 1 aliphatic rings. The van der Waals surface area contributed by atoms with E-state index in [9.17, 15) is 13.6 Å². The third-order valence-electron chi connectivity index (χ3n) is 6.66. The van der Waals surface area contributed by atoms with Gasteiger partial charge >= 0.3 is 0 Å². The number of alkyl halides is 1. The number of fused-ring (bicyclic) bond motifs is 3. The zero-order chi connectivity index (χ0) is 24.0. The van der Waals surface area contributed by atoms with E-state index in [1.165, 1.54) is 12.1 Å². The van der Waals surface area contributed by atoms with Gasteiger partial charge in [0.2, 0.25) is 0 Å². The summed E-state index contributed by atoms with van der Waals surface area (Å²) in [6, 6.07) is 12.5. The third kappa shape index (κ3) is 4.18. The molecular weight excluding hydrogens is 436 g/mol. The molecule has 0 saturated carbocycles. The van der Waals surface area contributed by atoms with E-state index in [1.54, 1.807) is 18.4 Å². The van der Waals surface area contributed by atoms with Gasteiger partial charge in [-0.3, -0.25) is 4.79 Å². The molecule has 178 valence electrons. The molecule has 8 heteroatoms. The molecule has 0 aliphatic carbocycles. The van der Waals surface area contributed by atoms with Crippen molar-refractivity contribution in [2.24, 2.45) is 5.73 Å². The highest BCUT2D eigenvalue weighted by Crippen LogP contribution is 2.35. The van der Waals surface area contributed by atoms with Gasteiger partial charge in [0, 0.05) is 18.7 Å². The number of primary amides is 1. The van der Waals surface area contributed by atoms with Gasteiger partial charge in [-0.15, -0.1) is 0 Å². The lowest BCUT2D eigenvalue weighted by atomic mass is 9.90. The van der Waals surface area contributed by atoms with E-state index in [-0.39, 0.29) is 11.5 Å². The lowest BCUT2D eigenvalue weighted by Gasteiger charge is -2.34. The van der Waals surface area contributed by atoms with Crippen LogP contribution >= 0.6 is 0 Å². The predicted octanol–water partition coefficient (Wildman–Crippen LogP) is 4.50. The minimum Gasteiger partial charge on any atom is -0.366 e. The molecule has 4 aromatic rings. The standard InChI is InChI=1S/C26H29F2N5O/c1-26(2,28)16-31-10-8-18(9-11-31)21-14-30-33-23-20(24(29)34)12-19(27)13-22(23)32(25(21)33)15-17-6-4-3-5-7-17/h3-7,12-14,18H,8-11,15-16H2,1-2H3,(H2,29,34). The molecule has 0 radical (unpaired) electrons. The Morgan fingerprint density at radius 1 is 1.18 bits per heavy atom. The van der Waals surface area contributed by atoms with Crippen LogP contribution in [-0.4, -0.2) is 50.3 Å². The van der Waals surface area contributed by atoms with Gasteiger partial charge in [-0.05, 0) is 63.4 Å². The predicted molar refractivity (Wildman–Crippen MR) is 128 cm³/mol. The first-order chi connectivity index (χ1) is 16.2. The zero-order valence-corrected chi connectivity index (χ0v) is 19.5. The van der Waals surface area contributed by atoms with Crippen molar-refractivity contribution in [2.45, 2.75) is 44.8 Å². The molecule has 3 heterocycles. The molecule has 0 unspecified atom stereocenters. The highest BCUT2D eigenvalue weighted by molar-refractivity contribution is 6.05. The maximum atomic E-state index is 14.6. The number of nitrogens with zero attached hydrogens (tertiary/aromatic N) is 4. The summed E-state index contributed by atoms with van der Waals surface area (Å²) in [6.45, 7) is 5.74. The highest BCUT2D eigenvalue weighted by atomic mass is 19.1. The lowest BCUT2D eigenvalue weighted by molar-refractivity contribution is 0.100. The van der Waals surface area contributed by atoms with Crippen LogP contribution in [0.2, 0.25) is 0 Å². The number of nitrogens with two attached hydrogens (primary N) is 1. The minimum absolute atomic E-state index is 0.112. The van der Waals surface area contributed by atoms with Crippen molar-refractivity contribution < 1.29 is 13.6 Å². The van der Waals surface area contributed by atoms with Crippen molar-refractivity contribution in [1.29, 1.82) is 0 Å². The van der Waals surface area contributed by atoms with E-state index in [2.05, 4.69) is 10.00 Å². The van der Waals surface area contributed by atoms with Crippen molar-refractivity contribution in [3.05, 3.63) is 71.2 Å². The summed E-state index contributed by atoms with van der Waals surface area (Å²) in [5.74, 6) is -0.972. The Labute approximate surface area is 196 Å².